The number of nitrogens with zero attached hydrogens (tertiary/aromatic N) is 2. The van der Waals surface area contributed by atoms with Gasteiger partial charge in [0.05, 0.1) is 0 Å². The number of aromatic nitrogens is 2. The second-order valence-electron chi connectivity index (χ2n) is 3.55. The van der Waals surface area contributed by atoms with Gasteiger partial charge in [0.1, 0.15) is 0 Å². The minimum Gasteiger partial charge on any atom is -0.320 e. The first-order valence-corrected chi connectivity index (χ1v) is 7.64. The molecule has 84 valence electrons. The van der Waals surface area contributed by atoms with Crippen molar-refractivity contribution in [2.24, 2.45) is 0 Å². The third-order valence-corrected chi connectivity index (χ3v) is 4.23. The lowest BCUT2D eigenvalue weighted by molar-refractivity contribution is 0.493. The molecule has 0 aliphatic carbocycles. The van der Waals surface area contributed by atoms with Crippen LogP contribution in [0.25, 0.3) is 0 Å². The Bertz CT molecular complexity index is 434. The number of imidazole rings is 1. The highest BCUT2D eigenvalue weighted by Gasteiger charge is 2.19. The predicted octanol–water partition coefficient (Wildman–Crippen LogP) is -0.0509. The van der Waals surface area contributed by atoms with E-state index in [4.69, 9.17) is 0 Å². The van der Waals surface area contributed by atoms with Gasteiger partial charge in [0.2, 0.25) is 15.0 Å². The molecule has 2 rings (SSSR count). The normalized spacial score (nSPS) is 22.1. The van der Waals surface area contributed by atoms with Crippen LogP contribution in [0.15, 0.2) is 17.6 Å². The second kappa shape index (κ2) is 4.15. The minimum absolute atomic E-state index is 0.154. The van der Waals surface area contributed by atoms with Crippen LogP contribution in [0.4, 0.5) is 0 Å². The van der Waals surface area contributed by atoms with E-state index in [9.17, 15) is 8.42 Å². The molecule has 1 aliphatic rings. The zero-order valence-electron chi connectivity index (χ0n) is 8.38. The Morgan fingerprint density at radius 1 is 1.73 bits per heavy atom. The van der Waals surface area contributed by atoms with E-state index in [-0.39, 0.29) is 5.16 Å². The molecule has 0 bridgehead atoms. The van der Waals surface area contributed by atoms with Crippen molar-refractivity contribution in [1.82, 2.24) is 14.9 Å². The average Bonchev–Trinajstić information content (AvgIpc) is 2.73. The van der Waals surface area contributed by atoms with Crippen molar-refractivity contribution < 1.29 is 8.42 Å². The summed E-state index contributed by atoms with van der Waals surface area (Å²) in [5.41, 5.74) is 0. The molecule has 1 unspecified atom stereocenters. The largest absolute Gasteiger partial charge is 0.320 e. The fourth-order valence-corrected chi connectivity index (χ4v) is 3.35. The van der Waals surface area contributed by atoms with Crippen LogP contribution in [0.1, 0.15) is 0 Å². The molecule has 0 amide bonds. The lowest BCUT2D eigenvalue weighted by Gasteiger charge is -2.11. The van der Waals surface area contributed by atoms with E-state index in [0.717, 1.165) is 11.6 Å². The quantitative estimate of drug-likeness (QED) is 0.811. The van der Waals surface area contributed by atoms with Crippen LogP contribution >= 0.6 is 11.8 Å². The van der Waals surface area contributed by atoms with E-state index >= 15 is 0 Å². The molecule has 15 heavy (non-hydrogen) atoms. The monoisotopic (exact) mass is 247 g/mol. The Kier molecular flexibility index (Phi) is 3.03. The molecule has 0 saturated carbocycles. The van der Waals surface area contributed by atoms with Crippen molar-refractivity contribution in [2.75, 3.05) is 17.9 Å². The van der Waals surface area contributed by atoms with Gasteiger partial charge in [-0.2, -0.15) is 0 Å². The van der Waals surface area contributed by atoms with Gasteiger partial charge in [-0.3, -0.25) is 0 Å². The molecule has 0 spiro atoms. The van der Waals surface area contributed by atoms with Gasteiger partial charge in [0, 0.05) is 42.9 Å². The van der Waals surface area contributed by atoms with Gasteiger partial charge >= 0.3 is 0 Å². The van der Waals surface area contributed by atoms with Crippen molar-refractivity contribution in [1.29, 1.82) is 0 Å². The van der Waals surface area contributed by atoms with Crippen LogP contribution in [0, 0.1) is 0 Å². The van der Waals surface area contributed by atoms with Crippen LogP contribution in [-0.4, -0.2) is 41.9 Å². The number of thioether (sulfide) groups is 1. The summed E-state index contributed by atoms with van der Waals surface area (Å²) in [6.07, 6.45) is 4.42. The van der Waals surface area contributed by atoms with Gasteiger partial charge in [-0.05, 0) is 0 Å². The van der Waals surface area contributed by atoms with E-state index in [0.29, 0.717) is 12.6 Å². The summed E-state index contributed by atoms with van der Waals surface area (Å²) in [5.74, 6) is 1.95. The highest BCUT2D eigenvalue weighted by atomic mass is 32.2. The van der Waals surface area contributed by atoms with Crippen LogP contribution in [0.2, 0.25) is 0 Å². The number of sulfone groups is 1. The standard InChI is InChI=1S/C8H13N3O2S2/c1-15(12,13)8-9-2-3-11(8)4-7-5-14-6-10-7/h2-3,7,10H,4-6H2,1H3. The maximum absolute atomic E-state index is 11.4. The number of hydrogen-bond donors (Lipinski definition) is 1. The van der Waals surface area contributed by atoms with Crippen LogP contribution in [0.3, 0.4) is 0 Å². The predicted molar refractivity (Wildman–Crippen MR) is 59.6 cm³/mol. The summed E-state index contributed by atoms with van der Waals surface area (Å²) in [4.78, 5) is 3.87. The highest BCUT2D eigenvalue weighted by Crippen LogP contribution is 2.13. The van der Waals surface area contributed by atoms with E-state index in [1.54, 1.807) is 10.8 Å². The fraction of sp³-hybridized carbons (Fsp3) is 0.625. The molecule has 1 N–H and O–H groups in total. The Labute approximate surface area is 93.2 Å². The molecule has 0 radical (unpaired) electrons. The van der Waals surface area contributed by atoms with Gasteiger partial charge < -0.3 is 9.88 Å². The summed E-state index contributed by atoms with van der Waals surface area (Å²) in [7, 11) is -3.21. The summed E-state index contributed by atoms with van der Waals surface area (Å²) < 4.78 is 24.5. The SMILES string of the molecule is CS(=O)(=O)c1nccn1CC1CSCN1. The van der Waals surface area contributed by atoms with Crippen molar-refractivity contribution in [2.45, 2.75) is 17.7 Å². The fourth-order valence-electron chi connectivity index (χ4n) is 1.55. The van der Waals surface area contributed by atoms with Crippen LogP contribution in [-0.2, 0) is 16.4 Å². The summed E-state index contributed by atoms with van der Waals surface area (Å²) in [5, 5.41) is 3.45. The lowest BCUT2D eigenvalue weighted by Crippen LogP contribution is -2.29. The molecule has 1 fully saturated rings. The Balaban J connectivity index is 2.18. The molecule has 1 aromatic heterocycles. The molecule has 5 nitrogen and oxygen atoms in total. The smallest absolute Gasteiger partial charge is 0.227 e. The number of hydrogen-bond acceptors (Lipinski definition) is 5. The molecule has 7 heteroatoms. The summed E-state index contributed by atoms with van der Waals surface area (Å²) in [6.45, 7) is 0.662. The third kappa shape index (κ3) is 2.53. The summed E-state index contributed by atoms with van der Waals surface area (Å²) in [6, 6.07) is 0.338. The Morgan fingerprint density at radius 3 is 3.13 bits per heavy atom. The molecule has 1 aromatic rings. The van der Waals surface area contributed by atoms with Crippen molar-refractivity contribution in [3.05, 3.63) is 12.4 Å². The van der Waals surface area contributed by atoms with E-state index in [1.807, 2.05) is 11.8 Å². The second-order valence-corrected chi connectivity index (χ2v) is 6.49. The van der Waals surface area contributed by atoms with Gasteiger partial charge in [-0.25, -0.2) is 13.4 Å². The van der Waals surface area contributed by atoms with Gasteiger partial charge in [0.25, 0.3) is 0 Å². The topological polar surface area (TPSA) is 64.0 Å². The average molecular weight is 247 g/mol. The highest BCUT2D eigenvalue weighted by molar-refractivity contribution is 7.99. The zero-order chi connectivity index (χ0) is 10.9. The third-order valence-electron chi connectivity index (χ3n) is 2.22. The molecular weight excluding hydrogens is 234 g/mol. The lowest BCUT2D eigenvalue weighted by atomic mass is 10.3. The van der Waals surface area contributed by atoms with Crippen molar-refractivity contribution in [3.63, 3.8) is 0 Å². The first kappa shape index (κ1) is 11.0. The van der Waals surface area contributed by atoms with E-state index in [1.165, 1.54) is 12.5 Å². The van der Waals surface area contributed by atoms with E-state index < -0.39 is 9.84 Å². The number of rotatable bonds is 3. The maximum Gasteiger partial charge on any atom is 0.227 e. The van der Waals surface area contributed by atoms with Gasteiger partial charge in [-0.15, -0.1) is 11.8 Å². The maximum atomic E-state index is 11.4. The molecule has 2 heterocycles. The first-order chi connectivity index (χ1) is 7.07. The minimum atomic E-state index is -3.21. The van der Waals surface area contributed by atoms with Crippen molar-refractivity contribution >= 4 is 21.6 Å². The van der Waals surface area contributed by atoms with E-state index in [2.05, 4.69) is 10.3 Å². The molecule has 0 aromatic carbocycles. The van der Waals surface area contributed by atoms with Gasteiger partial charge in [-0.1, -0.05) is 0 Å². The summed E-state index contributed by atoms with van der Waals surface area (Å²) >= 11 is 1.82. The molecule has 1 aliphatic heterocycles. The molecule has 1 saturated heterocycles. The van der Waals surface area contributed by atoms with Crippen LogP contribution < -0.4 is 5.32 Å². The Morgan fingerprint density at radius 2 is 2.53 bits per heavy atom. The van der Waals surface area contributed by atoms with Crippen LogP contribution in [0.5, 0.6) is 0 Å². The first-order valence-electron chi connectivity index (χ1n) is 4.59. The number of nitrogens with one attached hydrogen (secondary N) is 1. The molecule has 1 atom stereocenters. The zero-order valence-corrected chi connectivity index (χ0v) is 10.0. The Hall–Kier alpha value is -0.530. The van der Waals surface area contributed by atoms with Gasteiger partial charge in [0.15, 0.2) is 0 Å². The molecular formula is C8H13N3O2S2. The van der Waals surface area contributed by atoms with Crippen molar-refractivity contribution in [3.8, 4) is 0 Å².